The van der Waals surface area contributed by atoms with Gasteiger partial charge in [0.05, 0.1) is 6.54 Å². The predicted octanol–water partition coefficient (Wildman–Crippen LogP) is 2.46. The van der Waals surface area contributed by atoms with Crippen LogP contribution in [0.1, 0.15) is 26.3 Å². The Morgan fingerprint density at radius 2 is 1.52 bits per heavy atom. The predicted molar refractivity (Wildman–Crippen MR) is 98.8 cm³/mol. The number of benzene rings is 3. The zero-order valence-electron chi connectivity index (χ0n) is 13.9. The lowest BCUT2D eigenvalue weighted by atomic mass is 9.93. The Kier molecular flexibility index (Phi) is 3.76. The van der Waals surface area contributed by atoms with Crippen LogP contribution in [0, 0.1) is 0 Å². The second-order valence-corrected chi connectivity index (χ2v) is 7.64. The maximum atomic E-state index is 12.9. The summed E-state index contributed by atoms with van der Waals surface area (Å²) in [5.74, 6) is -1.05. The van der Waals surface area contributed by atoms with E-state index in [0.717, 1.165) is 10.5 Å². The number of nitrogen functional groups attached to an aromatic ring is 1. The molecule has 0 saturated carbocycles. The largest absolute Gasteiger partial charge is 0.399 e. The van der Waals surface area contributed by atoms with Crippen LogP contribution in [-0.2, 0) is 16.7 Å². The molecule has 0 aromatic heterocycles. The molecule has 2 amide bonds. The highest BCUT2D eigenvalue weighted by atomic mass is 32.2. The van der Waals surface area contributed by atoms with E-state index < -0.39 is 21.9 Å². The molecule has 0 atom stereocenters. The first-order chi connectivity index (χ1) is 12.8. The molecular formula is C19H14N2O5S. The molecule has 0 spiro atoms. The molecule has 1 aliphatic rings. The zero-order valence-corrected chi connectivity index (χ0v) is 14.7. The number of hydrogen-bond donors (Lipinski definition) is 2. The lowest BCUT2D eigenvalue weighted by Crippen LogP contribution is -2.39. The fourth-order valence-electron chi connectivity index (χ4n) is 3.29. The van der Waals surface area contributed by atoms with Crippen LogP contribution in [0.3, 0.4) is 0 Å². The van der Waals surface area contributed by atoms with Gasteiger partial charge in [-0.05, 0) is 35.9 Å². The summed E-state index contributed by atoms with van der Waals surface area (Å²) in [6.07, 6.45) is 0. The molecule has 0 fully saturated rings. The molecule has 0 radical (unpaired) electrons. The van der Waals surface area contributed by atoms with Gasteiger partial charge in [0, 0.05) is 27.6 Å². The molecule has 3 aromatic carbocycles. The summed E-state index contributed by atoms with van der Waals surface area (Å²) >= 11 is 0. The van der Waals surface area contributed by atoms with E-state index in [1.165, 1.54) is 30.3 Å². The summed E-state index contributed by atoms with van der Waals surface area (Å²) in [6, 6.07) is 13.8. The van der Waals surface area contributed by atoms with E-state index in [0.29, 0.717) is 5.69 Å². The fourth-order valence-corrected chi connectivity index (χ4v) is 3.98. The van der Waals surface area contributed by atoms with Gasteiger partial charge < -0.3 is 5.73 Å². The summed E-state index contributed by atoms with van der Waals surface area (Å²) in [4.78, 5) is 26.6. The number of carbonyl (C=O) groups is 2. The first-order valence-electron chi connectivity index (χ1n) is 8.01. The third kappa shape index (κ3) is 2.75. The zero-order chi connectivity index (χ0) is 19.3. The molecule has 0 saturated heterocycles. The van der Waals surface area contributed by atoms with E-state index >= 15 is 0 Å². The molecule has 1 heterocycles. The van der Waals surface area contributed by atoms with Crippen molar-refractivity contribution in [3.63, 3.8) is 0 Å². The molecule has 3 N–H and O–H groups in total. The summed E-state index contributed by atoms with van der Waals surface area (Å²) < 4.78 is 32.7. The van der Waals surface area contributed by atoms with Crippen LogP contribution in [0.5, 0.6) is 0 Å². The molecule has 136 valence electrons. The van der Waals surface area contributed by atoms with Crippen LogP contribution < -0.4 is 5.73 Å². The topological polar surface area (TPSA) is 118 Å². The van der Waals surface area contributed by atoms with Crippen molar-refractivity contribution in [3.8, 4) is 0 Å². The summed E-state index contributed by atoms with van der Waals surface area (Å²) in [5, 5.41) is 0.373. The van der Waals surface area contributed by atoms with Crippen molar-refractivity contribution < 1.29 is 22.6 Å². The number of nitrogens with zero attached hydrogens (tertiary/aromatic N) is 1. The normalized spacial score (nSPS) is 14.0. The fraction of sp³-hybridized carbons (Fsp3) is 0.0526. The minimum absolute atomic E-state index is 0.0633. The monoisotopic (exact) mass is 382 g/mol. The van der Waals surface area contributed by atoms with E-state index in [1.54, 1.807) is 24.3 Å². The molecule has 1 aliphatic heterocycles. The average molecular weight is 382 g/mol. The van der Waals surface area contributed by atoms with Crippen molar-refractivity contribution in [3.05, 3.63) is 71.3 Å². The van der Waals surface area contributed by atoms with Gasteiger partial charge in [-0.1, -0.05) is 24.3 Å². The quantitative estimate of drug-likeness (QED) is 0.408. The first-order valence-corrected chi connectivity index (χ1v) is 9.45. The Hall–Kier alpha value is -3.23. The highest BCUT2D eigenvalue weighted by molar-refractivity contribution is 7.86. The van der Waals surface area contributed by atoms with E-state index in [9.17, 15) is 22.6 Å². The Labute approximate surface area is 154 Å². The number of anilines is 1. The van der Waals surface area contributed by atoms with Crippen LogP contribution in [0.4, 0.5) is 5.69 Å². The molecule has 3 aromatic rings. The van der Waals surface area contributed by atoms with Gasteiger partial charge in [0.2, 0.25) is 0 Å². The number of hydrogen-bond acceptors (Lipinski definition) is 5. The summed E-state index contributed by atoms with van der Waals surface area (Å²) in [7, 11) is -4.50. The Balaban J connectivity index is 1.87. The number of amides is 2. The van der Waals surface area contributed by atoms with Crippen molar-refractivity contribution in [2.45, 2.75) is 11.4 Å². The van der Waals surface area contributed by atoms with Gasteiger partial charge in [0.15, 0.2) is 0 Å². The standard InChI is InChI=1S/C19H14N2O5S/c20-12-6-4-11(5-7-12)10-21-18(22)14-3-1-2-13-16(27(24,25)26)9-8-15(17(13)14)19(21)23/h1-9H,10,20H2,(H,24,25,26). The third-order valence-electron chi connectivity index (χ3n) is 4.55. The summed E-state index contributed by atoms with van der Waals surface area (Å²) in [5.41, 5.74) is 7.39. The van der Waals surface area contributed by atoms with Crippen molar-refractivity contribution in [1.29, 1.82) is 0 Å². The van der Waals surface area contributed by atoms with Crippen LogP contribution in [0.2, 0.25) is 0 Å². The lowest BCUT2D eigenvalue weighted by Gasteiger charge is -2.27. The highest BCUT2D eigenvalue weighted by Crippen LogP contribution is 2.34. The molecule has 8 heteroatoms. The number of imide groups is 1. The van der Waals surface area contributed by atoms with Gasteiger partial charge in [-0.2, -0.15) is 8.42 Å². The highest BCUT2D eigenvalue weighted by Gasteiger charge is 2.34. The van der Waals surface area contributed by atoms with Crippen LogP contribution in [0.25, 0.3) is 10.8 Å². The van der Waals surface area contributed by atoms with Gasteiger partial charge >= 0.3 is 0 Å². The Bertz CT molecular complexity index is 1190. The van der Waals surface area contributed by atoms with Crippen molar-refractivity contribution in [2.75, 3.05) is 5.73 Å². The molecule has 0 bridgehead atoms. The van der Waals surface area contributed by atoms with Gasteiger partial charge in [0.25, 0.3) is 21.9 Å². The molecule has 4 rings (SSSR count). The summed E-state index contributed by atoms with van der Waals surface area (Å²) in [6.45, 7) is 0.0633. The molecular weight excluding hydrogens is 368 g/mol. The maximum absolute atomic E-state index is 12.9. The van der Waals surface area contributed by atoms with E-state index in [4.69, 9.17) is 5.73 Å². The number of rotatable bonds is 3. The van der Waals surface area contributed by atoms with Crippen LogP contribution in [0.15, 0.2) is 59.5 Å². The van der Waals surface area contributed by atoms with Crippen molar-refractivity contribution in [1.82, 2.24) is 4.90 Å². The second-order valence-electron chi connectivity index (χ2n) is 6.25. The Morgan fingerprint density at radius 3 is 2.15 bits per heavy atom. The first kappa shape index (κ1) is 17.2. The van der Waals surface area contributed by atoms with Gasteiger partial charge in [0.1, 0.15) is 4.90 Å². The molecule has 7 nitrogen and oxygen atoms in total. The van der Waals surface area contributed by atoms with Crippen LogP contribution >= 0.6 is 0 Å². The second kappa shape index (κ2) is 5.90. The van der Waals surface area contributed by atoms with E-state index in [-0.39, 0.29) is 33.3 Å². The van der Waals surface area contributed by atoms with E-state index in [2.05, 4.69) is 0 Å². The number of nitrogens with two attached hydrogens (primary N) is 1. The SMILES string of the molecule is Nc1ccc(CN2C(=O)c3cccc4c(S(=O)(=O)O)ccc(c34)C2=O)cc1. The van der Waals surface area contributed by atoms with Gasteiger partial charge in [-0.15, -0.1) is 0 Å². The third-order valence-corrected chi connectivity index (χ3v) is 5.46. The minimum Gasteiger partial charge on any atom is -0.399 e. The minimum atomic E-state index is -4.50. The van der Waals surface area contributed by atoms with E-state index in [1.807, 2.05) is 0 Å². The smallest absolute Gasteiger partial charge is 0.295 e. The van der Waals surface area contributed by atoms with Crippen molar-refractivity contribution >= 4 is 38.4 Å². The number of carbonyl (C=O) groups excluding carboxylic acids is 2. The van der Waals surface area contributed by atoms with Crippen LogP contribution in [-0.4, -0.2) is 29.7 Å². The molecule has 0 aliphatic carbocycles. The molecule has 27 heavy (non-hydrogen) atoms. The van der Waals surface area contributed by atoms with Gasteiger partial charge in [-0.25, -0.2) is 0 Å². The van der Waals surface area contributed by atoms with Gasteiger partial charge in [-0.3, -0.25) is 19.0 Å². The maximum Gasteiger partial charge on any atom is 0.295 e. The average Bonchev–Trinajstić information content (AvgIpc) is 2.63. The molecule has 0 unspecified atom stereocenters. The lowest BCUT2D eigenvalue weighted by molar-refractivity contribution is 0.0598. The van der Waals surface area contributed by atoms with Crippen molar-refractivity contribution in [2.24, 2.45) is 0 Å². The Morgan fingerprint density at radius 1 is 0.889 bits per heavy atom.